The van der Waals surface area contributed by atoms with Gasteiger partial charge in [0.25, 0.3) is 0 Å². The second kappa shape index (κ2) is 6.30. The Bertz CT molecular complexity index is 713. The predicted molar refractivity (Wildman–Crippen MR) is 93.7 cm³/mol. The second-order valence-electron chi connectivity index (χ2n) is 7.40. The number of carbonyl (C=O) groups excluding carboxylic acids is 1. The molecule has 2 heterocycles. The van der Waals surface area contributed by atoms with Gasteiger partial charge in [0, 0.05) is 6.54 Å². The Morgan fingerprint density at radius 3 is 2.67 bits per heavy atom. The Hall–Kier alpha value is -2.30. The van der Waals surface area contributed by atoms with Crippen molar-refractivity contribution < 1.29 is 9.53 Å². The number of hydrogen-bond donors (Lipinski definition) is 1. The van der Waals surface area contributed by atoms with Gasteiger partial charge in [-0.2, -0.15) is 5.10 Å². The van der Waals surface area contributed by atoms with Crippen LogP contribution in [0.1, 0.15) is 50.9 Å². The molecule has 1 amide bonds. The minimum atomic E-state index is -0.483. The topological polar surface area (TPSA) is 58.2 Å². The zero-order valence-corrected chi connectivity index (χ0v) is 14.8. The number of carbonyl (C=O) groups is 1. The van der Waals surface area contributed by atoms with E-state index >= 15 is 0 Å². The van der Waals surface area contributed by atoms with E-state index in [9.17, 15) is 4.79 Å². The van der Waals surface area contributed by atoms with Crippen molar-refractivity contribution in [2.75, 3.05) is 6.54 Å². The normalized spacial score (nSPS) is 18.0. The van der Waals surface area contributed by atoms with E-state index in [1.165, 1.54) is 5.56 Å². The fourth-order valence-corrected chi connectivity index (χ4v) is 3.00. The molecule has 3 rings (SSSR count). The van der Waals surface area contributed by atoms with Gasteiger partial charge in [-0.05, 0) is 52.2 Å². The van der Waals surface area contributed by atoms with Crippen molar-refractivity contribution >= 4 is 6.09 Å². The average molecular weight is 327 g/mol. The molecule has 0 spiro atoms. The van der Waals surface area contributed by atoms with Gasteiger partial charge in [0.2, 0.25) is 0 Å². The molecule has 0 saturated carbocycles. The summed E-state index contributed by atoms with van der Waals surface area (Å²) < 4.78 is 5.53. The van der Waals surface area contributed by atoms with Gasteiger partial charge in [-0.1, -0.05) is 29.8 Å². The lowest BCUT2D eigenvalue weighted by molar-refractivity contribution is 0.0221. The first-order valence-corrected chi connectivity index (χ1v) is 8.45. The molecule has 1 N–H and O–H groups in total. The highest BCUT2D eigenvalue weighted by Gasteiger charge is 2.34. The summed E-state index contributed by atoms with van der Waals surface area (Å²) in [6.45, 7) is 8.45. The summed E-state index contributed by atoms with van der Waals surface area (Å²) in [6, 6.07) is 10.3. The van der Waals surface area contributed by atoms with E-state index in [1.807, 2.05) is 26.8 Å². The summed E-state index contributed by atoms with van der Waals surface area (Å²) in [4.78, 5) is 14.2. The summed E-state index contributed by atoms with van der Waals surface area (Å²) in [5.74, 6) is 0. The molecule has 1 aromatic heterocycles. The van der Waals surface area contributed by atoms with Gasteiger partial charge >= 0.3 is 6.09 Å². The van der Waals surface area contributed by atoms with E-state index in [2.05, 4.69) is 41.4 Å². The monoisotopic (exact) mass is 327 g/mol. The standard InChI is InChI=1S/C19H25N3O2/c1-13-7-9-14(10-8-13)15-12-16(21-20-15)17-6-5-11-22(17)18(23)24-19(2,3)4/h7-10,12,17H,5-6,11H2,1-4H3,(H,20,21)/t17-/m0/s1. The molecule has 1 atom stereocenters. The third kappa shape index (κ3) is 3.61. The second-order valence-corrected chi connectivity index (χ2v) is 7.40. The lowest BCUT2D eigenvalue weighted by atomic mass is 10.1. The third-order valence-electron chi connectivity index (χ3n) is 4.18. The van der Waals surface area contributed by atoms with Crippen LogP contribution in [-0.2, 0) is 4.74 Å². The number of rotatable bonds is 2. The van der Waals surface area contributed by atoms with E-state index in [0.29, 0.717) is 6.54 Å². The number of aryl methyl sites for hydroxylation is 1. The molecule has 1 saturated heterocycles. The van der Waals surface area contributed by atoms with Crippen LogP contribution in [0.2, 0.25) is 0 Å². The number of amides is 1. The Morgan fingerprint density at radius 2 is 2.00 bits per heavy atom. The van der Waals surface area contributed by atoms with Crippen LogP contribution in [0.15, 0.2) is 30.3 Å². The van der Waals surface area contributed by atoms with Gasteiger partial charge in [-0.3, -0.25) is 10.00 Å². The maximum Gasteiger partial charge on any atom is 0.410 e. The van der Waals surface area contributed by atoms with Crippen molar-refractivity contribution in [1.82, 2.24) is 15.1 Å². The molecule has 2 aromatic rings. The van der Waals surface area contributed by atoms with Crippen molar-refractivity contribution in [2.45, 2.75) is 52.2 Å². The lowest BCUT2D eigenvalue weighted by Crippen LogP contribution is -2.36. The largest absolute Gasteiger partial charge is 0.444 e. The van der Waals surface area contributed by atoms with E-state index < -0.39 is 5.60 Å². The number of aromatic nitrogens is 2. The van der Waals surface area contributed by atoms with Gasteiger partial charge in [0.1, 0.15) is 5.60 Å². The van der Waals surface area contributed by atoms with Gasteiger partial charge in [0.15, 0.2) is 0 Å². The number of benzene rings is 1. The van der Waals surface area contributed by atoms with Crippen LogP contribution in [0, 0.1) is 6.92 Å². The molecule has 1 aliphatic rings. The first-order valence-electron chi connectivity index (χ1n) is 8.45. The van der Waals surface area contributed by atoms with Crippen molar-refractivity contribution in [3.63, 3.8) is 0 Å². The van der Waals surface area contributed by atoms with Crippen LogP contribution in [0.5, 0.6) is 0 Å². The van der Waals surface area contributed by atoms with Gasteiger partial charge in [-0.15, -0.1) is 0 Å². The molecule has 128 valence electrons. The fourth-order valence-electron chi connectivity index (χ4n) is 3.00. The number of hydrogen-bond acceptors (Lipinski definition) is 3. The van der Waals surface area contributed by atoms with E-state index in [4.69, 9.17) is 4.74 Å². The molecule has 1 aromatic carbocycles. The van der Waals surface area contributed by atoms with Crippen LogP contribution < -0.4 is 0 Å². The van der Waals surface area contributed by atoms with Crippen molar-refractivity contribution in [2.24, 2.45) is 0 Å². The summed E-state index contributed by atoms with van der Waals surface area (Å²) in [5.41, 5.74) is 3.71. The molecule has 5 nitrogen and oxygen atoms in total. The zero-order chi connectivity index (χ0) is 17.3. The minimum Gasteiger partial charge on any atom is -0.444 e. The highest BCUT2D eigenvalue weighted by molar-refractivity contribution is 5.69. The number of likely N-dealkylation sites (tertiary alicyclic amines) is 1. The van der Waals surface area contributed by atoms with E-state index in [-0.39, 0.29) is 12.1 Å². The maximum atomic E-state index is 12.4. The van der Waals surface area contributed by atoms with Gasteiger partial charge < -0.3 is 4.74 Å². The van der Waals surface area contributed by atoms with Crippen LogP contribution in [0.25, 0.3) is 11.3 Å². The Balaban J connectivity index is 1.78. The molecule has 0 unspecified atom stereocenters. The highest BCUT2D eigenvalue weighted by Crippen LogP contribution is 2.33. The maximum absolute atomic E-state index is 12.4. The van der Waals surface area contributed by atoms with Crippen LogP contribution in [0.4, 0.5) is 4.79 Å². The third-order valence-corrected chi connectivity index (χ3v) is 4.18. The average Bonchev–Trinajstić information content (AvgIpc) is 3.15. The molecule has 1 fully saturated rings. The number of ether oxygens (including phenoxy) is 1. The highest BCUT2D eigenvalue weighted by atomic mass is 16.6. The smallest absolute Gasteiger partial charge is 0.410 e. The fraction of sp³-hybridized carbons (Fsp3) is 0.474. The SMILES string of the molecule is Cc1ccc(-c2cc([C@@H]3CCCN3C(=O)OC(C)(C)C)n[nH]2)cc1. The van der Waals surface area contributed by atoms with E-state index in [0.717, 1.165) is 29.8 Å². The van der Waals surface area contributed by atoms with Gasteiger partial charge in [-0.25, -0.2) is 4.79 Å². The molecule has 1 aliphatic heterocycles. The van der Waals surface area contributed by atoms with Crippen molar-refractivity contribution in [1.29, 1.82) is 0 Å². The van der Waals surface area contributed by atoms with E-state index in [1.54, 1.807) is 4.90 Å². The summed E-state index contributed by atoms with van der Waals surface area (Å²) >= 11 is 0. The molecule has 0 radical (unpaired) electrons. The first kappa shape index (κ1) is 16.6. The summed E-state index contributed by atoms with van der Waals surface area (Å²) in [6.07, 6.45) is 1.62. The van der Waals surface area contributed by atoms with Crippen molar-refractivity contribution in [3.8, 4) is 11.3 Å². The molecule has 0 bridgehead atoms. The molecular formula is C19H25N3O2. The lowest BCUT2D eigenvalue weighted by Gasteiger charge is -2.27. The zero-order valence-electron chi connectivity index (χ0n) is 14.8. The predicted octanol–water partition coefficient (Wildman–Crippen LogP) is 4.46. The van der Waals surface area contributed by atoms with Gasteiger partial charge in [0.05, 0.1) is 17.4 Å². The molecular weight excluding hydrogens is 302 g/mol. The van der Waals surface area contributed by atoms with Crippen LogP contribution >= 0.6 is 0 Å². The number of nitrogens with one attached hydrogen (secondary N) is 1. The number of aromatic amines is 1. The summed E-state index contributed by atoms with van der Waals surface area (Å²) in [7, 11) is 0. The minimum absolute atomic E-state index is 0.0182. The molecule has 5 heteroatoms. The quantitative estimate of drug-likeness (QED) is 0.886. The number of nitrogens with zero attached hydrogens (tertiary/aromatic N) is 2. The number of H-pyrrole nitrogens is 1. The molecule has 24 heavy (non-hydrogen) atoms. The molecule has 0 aliphatic carbocycles. The van der Waals surface area contributed by atoms with Crippen molar-refractivity contribution in [3.05, 3.63) is 41.6 Å². The Morgan fingerprint density at radius 1 is 1.29 bits per heavy atom. The van der Waals surface area contributed by atoms with Crippen LogP contribution in [-0.4, -0.2) is 33.3 Å². The Labute approximate surface area is 143 Å². The van der Waals surface area contributed by atoms with Crippen LogP contribution in [0.3, 0.4) is 0 Å². The first-order chi connectivity index (χ1) is 11.3. The summed E-state index contributed by atoms with van der Waals surface area (Å²) in [5, 5.41) is 7.55. The Kier molecular flexibility index (Phi) is 4.35.